The zero-order valence-corrected chi connectivity index (χ0v) is 10.8. The number of hydrogen-bond acceptors (Lipinski definition) is 1. The summed E-state index contributed by atoms with van der Waals surface area (Å²) in [6.45, 7) is 2.23. The fourth-order valence-electron chi connectivity index (χ4n) is 1.74. The smallest absolute Gasteiger partial charge is 0.107 e. The minimum atomic E-state index is 0.404. The monoisotopic (exact) mass is 278 g/mol. The number of halogens is 1. The van der Waals surface area contributed by atoms with E-state index in [1.807, 2.05) is 12.3 Å². The molecule has 3 heteroatoms. The third kappa shape index (κ3) is 2.73. The summed E-state index contributed by atoms with van der Waals surface area (Å²) in [5, 5.41) is 0. The van der Waals surface area contributed by atoms with Crippen LogP contribution >= 0.6 is 15.9 Å². The van der Waals surface area contributed by atoms with E-state index in [4.69, 9.17) is 0 Å². The van der Waals surface area contributed by atoms with E-state index in [2.05, 4.69) is 57.1 Å². The quantitative estimate of drug-likeness (QED) is 0.852. The number of nitrogens with zero attached hydrogens (tertiary/aromatic N) is 1. The van der Waals surface area contributed by atoms with E-state index >= 15 is 0 Å². The van der Waals surface area contributed by atoms with E-state index in [1.54, 1.807) is 6.20 Å². The molecule has 1 aromatic carbocycles. The molecule has 0 spiro atoms. The number of aromatic nitrogens is 2. The Hall–Kier alpha value is -1.09. The molecule has 0 aliphatic carbocycles. The van der Waals surface area contributed by atoms with Crippen LogP contribution in [0.5, 0.6) is 0 Å². The summed E-state index contributed by atoms with van der Waals surface area (Å²) in [5.74, 6) is 1.51. The van der Waals surface area contributed by atoms with Crippen LogP contribution in [0.3, 0.4) is 0 Å². The van der Waals surface area contributed by atoms with Crippen molar-refractivity contribution in [2.45, 2.75) is 24.1 Å². The maximum Gasteiger partial charge on any atom is 0.107 e. The van der Waals surface area contributed by atoms with Gasteiger partial charge >= 0.3 is 0 Å². The van der Waals surface area contributed by atoms with E-state index in [-0.39, 0.29) is 0 Å². The maximum atomic E-state index is 4.25. The molecule has 0 radical (unpaired) electrons. The lowest BCUT2D eigenvalue weighted by Gasteiger charge is -2.17. The van der Waals surface area contributed by atoms with Gasteiger partial charge in [0.2, 0.25) is 0 Å². The fraction of sp³-hybridized carbons (Fsp3) is 0.308. The highest BCUT2D eigenvalue weighted by molar-refractivity contribution is 9.09. The third-order valence-corrected chi connectivity index (χ3v) is 3.93. The fourth-order valence-corrected chi connectivity index (χ4v) is 2.35. The van der Waals surface area contributed by atoms with Crippen molar-refractivity contribution < 1.29 is 0 Å². The van der Waals surface area contributed by atoms with E-state index in [1.165, 1.54) is 5.56 Å². The molecule has 2 atom stereocenters. The molecule has 1 aromatic heterocycles. The number of aromatic amines is 1. The van der Waals surface area contributed by atoms with Gasteiger partial charge in [-0.25, -0.2) is 4.98 Å². The normalized spacial score (nSPS) is 14.6. The highest BCUT2D eigenvalue weighted by Crippen LogP contribution is 2.26. The van der Waals surface area contributed by atoms with Gasteiger partial charge in [-0.2, -0.15) is 0 Å². The molecule has 2 aromatic rings. The molecule has 2 nitrogen and oxygen atoms in total. The lowest BCUT2D eigenvalue weighted by atomic mass is 9.96. The SMILES string of the molecule is CC(c1ccccc1)C(Br)Cc1ncc[nH]1. The average molecular weight is 279 g/mol. The molecule has 16 heavy (non-hydrogen) atoms. The first kappa shape index (κ1) is 11.4. The second-order valence-electron chi connectivity index (χ2n) is 3.96. The van der Waals surface area contributed by atoms with Crippen LogP contribution in [0.25, 0.3) is 0 Å². The Morgan fingerprint density at radius 1 is 1.31 bits per heavy atom. The van der Waals surface area contributed by atoms with E-state index in [9.17, 15) is 0 Å². The number of H-pyrrole nitrogens is 1. The Kier molecular flexibility index (Phi) is 3.78. The van der Waals surface area contributed by atoms with Crippen LogP contribution in [0.1, 0.15) is 24.2 Å². The summed E-state index contributed by atoms with van der Waals surface area (Å²) in [6.07, 6.45) is 4.58. The first-order chi connectivity index (χ1) is 7.77. The van der Waals surface area contributed by atoms with Gasteiger partial charge in [-0.1, -0.05) is 53.2 Å². The second-order valence-corrected chi connectivity index (χ2v) is 5.13. The predicted molar refractivity (Wildman–Crippen MR) is 69.9 cm³/mol. The Bertz CT molecular complexity index is 411. The molecule has 2 unspecified atom stereocenters. The topological polar surface area (TPSA) is 28.7 Å². The molecule has 0 amide bonds. The molecule has 0 fully saturated rings. The van der Waals surface area contributed by atoms with Gasteiger partial charge in [0.15, 0.2) is 0 Å². The molecule has 0 saturated carbocycles. The summed E-state index contributed by atoms with van der Waals surface area (Å²) in [4.78, 5) is 7.78. The first-order valence-corrected chi connectivity index (χ1v) is 6.36. The highest BCUT2D eigenvalue weighted by Gasteiger charge is 2.16. The van der Waals surface area contributed by atoms with Crippen LogP contribution in [0.2, 0.25) is 0 Å². The van der Waals surface area contributed by atoms with Crippen LogP contribution in [0.4, 0.5) is 0 Å². The minimum absolute atomic E-state index is 0.404. The van der Waals surface area contributed by atoms with Crippen molar-refractivity contribution >= 4 is 15.9 Å². The van der Waals surface area contributed by atoms with Crippen molar-refractivity contribution in [1.82, 2.24) is 9.97 Å². The Morgan fingerprint density at radius 3 is 2.69 bits per heavy atom. The second kappa shape index (κ2) is 5.30. The molecule has 0 aliphatic rings. The van der Waals surface area contributed by atoms with Crippen molar-refractivity contribution in [3.05, 3.63) is 54.1 Å². The maximum absolute atomic E-state index is 4.25. The summed E-state index contributed by atoms with van der Waals surface area (Å²) in [6, 6.07) is 10.5. The largest absolute Gasteiger partial charge is 0.349 e. The number of hydrogen-bond donors (Lipinski definition) is 1. The van der Waals surface area contributed by atoms with Crippen LogP contribution in [0, 0.1) is 0 Å². The molecule has 1 heterocycles. The average Bonchev–Trinajstić information content (AvgIpc) is 2.82. The minimum Gasteiger partial charge on any atom is -0.349 e. The van der Waals surface area contributed by atoms with Gasteiger partial charge in [0.25, 0.3) is 0 Å². The number of rotatable bonds is 4. The molecule has 2 rings (SSSR count). The molecule has 0 saturated heterocycles. The van der Waals surface area contributed by atoms with Gasteiger partial charge < -0.3 is 4.98 Å². The van der Waals surface area contributed by atoms with Crippen molar-refractivity contribution in [3.63, 3.8) is 0 Å². The van der Waals surface area contributed by atoms with Gasteiger partial charge in [-0.15, -0.1) is 0 Å². The van der Waals surface area contributed by atoms with Gasteiger partial charge in [0.1, 0.15) is 5.82 Å². The number of nitrogens with one attached hydrogen (secondary N) is 1. The zero-order valence-electron chi connectivity index (χ0n) is 9.23. The van der Waals surface area contributed by atoms with Crippen molar-refractivity contribution in [1.29, 1.82) is 0 Å². The molecule has 0 bridgehead atoms. The summed E-state index contributed by atoms with van der Waals surface area (Å²) < 4.78 is 0. The number of benzene rings is 1. The predicted octanol–water partition coefficient (Wildman–Crippen LogP) is 3.52. The molecule has 1 N–H and O–H groups in total. The molecule has 0 aliphatic heterocycles. The summed E-state index contributed by atoms with van der Waals surface area (Å²) in [7, 11) is 0. The lowest BCUT2D eigenvalue weighted by Crippen LogP contribution is -2.13. The highest BCUT2D eigenvalue weighted by atomic mass is 79.9. The summed E-state index contributed by atoms with van der Waals surface area (Å²) >= 11 is 3.74. The Morgan fingerprint density at radius 2 is 2.06 bits per heavy atom. The van der Waals surface area contributed by atoms with Gasteiger partial charge in [-0.3, -0.25) is 0 Å². The number of imidazole rings is 1. The zero-order chi connectivity index (χ0) is 11.4. The third-order valence-electron chi connectivity index (χ3n) is 2.81. The Labute approximate surface area is 104 Å². The van der Waals surface area contributed by atoms with Crippen molar-refractivity contribution in [2.24, 2.45) is 0 Å². The van der Waals surface area contributed by atoms with Crippen molar-refractivity contribution in [2.75, 3.05) is 0 Å². The van der Waals surface area contributed by atoms with Gasteiger partial charge in [0.05, 0.1) is 0 Å². The standard InChI is InChI=1S/C13H15BrN2/c1-10(11-5-3-2-4-6-11)12(14)9-13-15-7-8-16-13/h2-8,10,12H,9H2,1H3,(H,15,16). The lowest BCUT2D eigenvalue weighted by molar-refractivity contribution is 0.691. The Balaban J connectivity index is 2.02. The van der Waals surface area contributed by atoms with Crippen LogP contribution in [-0.4, -0.2) is 14.8 Å². The first-order valence-electron chi connectivity index (χ1n) is 5.44. The van der Waals surface area contributed by atoms with Crippen LogP contribution < -0.4 is 0 Å². The van der Waals surface area contributed by atoms with E-state index < -0.39 is 0 Å². The van der Waals surface area contributed by atoms with Gasteiger partial charge in [0, 0.05) is 23.6 Å². The van der Waals surface area contributed by atoms with Crippen LogP contribution in [0.15, 0.2) is 42.7 Å². The van der Waals surface area contributed by atoms with Crippen LogP contribution in [-0.2, 0) is 6.42 Å². The van der Waals surface area contributed by atoms with E-state index in [0.717, 1.165) is 12.2 Å². The number of alkyl halides is 1. The van der Waals surface area contributed by atoms with E-state index in [0.29, 0.717) is 10.7 Å². The summed E-state index contributed by atoms with van der Waals surface area (Å²) in [5.41, 5.74) is 1.36. The van der Waals surface area contributed by atoms with Crippen molar-refractivity contribution in [3.8, 4) is 0 Å². The molecular formula is C13H15BrN2. The molecule has 84 valence electrons. The van der Waals surface area contributed by atoms with Gasteiger partial charge in [-0.05, 0) is 11.5 Å². The molecular weight excluding hydrogens is 264 g/mol.